The smallest absolute Gasteiger partial charge is 0.361 e. The summed E-state index contributed by atoms with van der Waals surface area (Å²) in [5, 5.41) is 3.06. The van der Waals surface area contributed by atoms with Crippen LogP contribution in [0.15, 0.2) is 67.3 Å². The van der Waals surface area contributed by atoms with Crippen molar-refractivity contribution >= 4 is 11.6 Å². The van der Waals surface area contributed by atoms with Crippen LogP contribution in [0, 0.1) is 0 Å². The molecule has 138 valence electrons. The number of amides is 1. The molecule has 0 unspecified atom stereocenters. The van der Waals surface area contributed by atoms with Crippen LogP contribution in [0.25, 0.3) is 5.69 Å². The van der Waals surface area contributed by atoms with Crippen LogP contribution in [0.4, 0.5) is 18.9 Å². The van der Waals surface area contributed by atoms with Gasteiger partial charge >= 0.3 is 6.18 Å². The minimum Gasteiger partial charge on any atom is -0.361 e. The van der Waals surface area contributed by atoms with Gasteiger partial charge in [-0.3, -0.25) is 4.79 Å². The Kier molecular flexibility index (Phi) is 4.10. The van der Waals surface area contributed by atoms with E-state index < -0.39 is 24.8 Å². The topological polar surface area (TPSA) is 50.2 Å². The molecule has 2 aromatic carbocycles. The van der Waals surface area contributed by atoms with Crippen LogP contribution < -0.4 is 5.32 Å². The van der Waals surface area contributed by atoms with Crippen LogP contribution in [0.1, 0.15) is 22.1 Å². The van der Waals surface area contributed by atoms with E-state index in [1.54, 1.807) is 65.8 Å². The van der Waals surface area contributed by atoms with Gasteiger partial charge < -0.3 is 14.8 Å². The van der Waals surface area contributed by atoms with Crippen molar-refractivity contribution in [3.05, 3.63) is 78.4 Å². The number of hydrogen-bond acceptors (Lipinski definition) is 3. The maximum atomic E-state index is 13.1. The normalized spacial score (nSPS) is 16.8. The van der Waals surface area contributed by atoms with E-state index in [-0.39, 0.29) is 5.56 Å². The Hall–Kier alpha value is -3.29. The second-order valence-electron chi connectivity index (χ2n) is 6.20. The SMILES string of the molecule is O=C1c2ccccc2N[C@H](c2ccc(-n3ccnc3)cc2)N1CC(F)(F)F. The molecule has 0 bridgehead atoms. The lowest BCUT2D eigenvalue weighted by Crippen LogP contribution is -2.47. The van der Waals surface area contributed by atoms with Crippen molar-refractivity contribution in [1.82, 2.24) is 14.5 Å². The molecule has 1 atom stereocenters. The first-order valence-corrected chi connectivity index (χ1v) is 8.24. The number of aromatic nitrogens is 2. The van der Waals surface area contributed by atoms with Gasteiger partial charge in [0.2, 0.25) is 0 Å². The van der Waals surface area contributed by atoms with Gasteiger partial charge in [0.1, 0.15) is 12.7 Å². The second kappa shape index (κ2) is 6.46. The fourth-order valence-electron chi connectivity index (χ4n) is 3.15. The van der Waals surface area contributed by atoms with Crippen molar-refractivity contribution in [2.45, 2.75) is 12.3 Å². The fourth-order valence-corrected chi connectivity index (χ4v) is 3.15. The number of nitrogens with zero attached hydrogens (tertiary/aromatic N) is 3. The predicted molar refractivity (Wildman–Crippen MR) is 93.5 cm³/mol. The number of carbonyl (C=O) groups excluding carboxylic acids is 1. The standard InChI is InChI=1S/C19H15F3N4O/c20-19(21,22)11-26-17(24-16-4-2-1-3-15(16)18(26)27)13-5-7-14(8-6-13)25-10-9-23-12-25/h1-10,12,17,24H,11H2/t17-/m0/s1. The van der Waals surface area contributed by atoms with E-state index in [9.17, 15) is 18.0 Å². The summed E-state index contributed by atoms with van der Waals surface area (Å²) in [6.07, 6.45) is -0.380. The molecule has 3 aromatic rings. The average molecular weight is 372 g/mol. The molecule has 8 heteroatoms. The number of hydrogen-bond donors (Lipinski definition) is 1. The highest BCUT2D eigenvalue weighted by Crippen LogP contribution is 2.35. The zero-order valence-electron chi connectivity index (χ0n) is 14.0. The van der Waals surface area contributed by atoms with E-state index in [4.69, 9.17) is 0 Å². The molecule has 0 fully saturated rings. The van der Waals surface area contributed by atoms with Crippen molar-refractivity contribution < 1.29 is 18.0 Å². The number of benzene rings is 2. The lowest BCUT2D eigenvalue weighted by Gasteiger charge is -2.38. The molecule has 1 aliphatic heterocycles. The van der Waals surface area contributed by atoms with Crippen molar-refractivity contribution in [2.75, 3.05) is 11.9 Å². The van der Waals surface area contributed by atoms with Crippen LogP contribution in [0.2, 0.25) is 0 Å². The number of carbonyl (C=O) groups is 1. The Balaban J connectivity index is 1.71. The number of halogens is 3. The summed E-state index contributed by atoms with van der Waals surface area (Å²) in [4.78, 5) is 17.5. The van der Waals surface area contributed by atoms with E-state index in [0.717, 1.165) is 10.6 Å². The molecule has 1 amide bonds. The summed E-state index contributed by atoms with van der Waals surface area (Å²) in [5.74, 6) is -0.648. The number of imidazole rings is 1. The van der Waals surface area contributed by atoms with Crippen LogP contribution in [0.5, 0.6) is 0 Å². The lowest BCUT2D eigenvalue weighted by atomic mass is 10.0. The first kappa shape index (κ1) is 17.1. The molecule has 1 aliphatic rings. The number of rotatable bonds is 3. The van der Waals surface area contributed by atoms with Crippen molar-refractivity contribution in [3.8, 4) is 5.69 Å². The fraction of sp³-hybridized carbons (Fsp3) is 0.158. The van der Waals surface area contributed by atoms with Crippen LogP contribution in [-0.2, 0) is 0 Å². The van der Waals surface area contributed by atoms with Gasteiger partial charge in [0.15, 0.2) is 0 Å². The minimum absolute atomic E-state index is 0.230. The van der Waals surface area contributed by atoms with E-state index in [0.29, 0.717) is 11.3 Å². The van der Waals surface area contributed by atoms with Gasteiger partial charge in [0, 0.05) is 23.8 Å². The molecule has 4 rings (SSSR count). The van der Waals surface area contributed by atoms with Gasteiger partial charge in [-0.05, 0) is 29.8 Å². The Bertz CT molecular complexity index is 952. The van der Waals surface area contributed by atoms with E-state index in [1.807, 2.05) is 0 Å². The first-order valence-electron chi connectivity index (χ1n) is 8.24. The molecule has 27 heavy (non-hydrogen) atoms. The number of fused-ring (bicyclic) bond motifs is 1. The molecule has 0 aliphatic carbocycles. The molecule has 0 spiro atoms. The molecule has 5 nitrogen and oxygen atoms in total. The van der Waals surface area contributed by atoms with Crippen molar-refractivity contribution in [2.24, 2.45) is 0 Å². The summed E-state index contributed by atoms with van der Waals surface area (Å²) in [5.41, 5.74) is 2.13. The van der Waals surface area contributed by atoms with Crippen molar-refractivity contribution in [3.63, 3.8) is 0 Å². The van der Waals surface area contributed by atoms with Crippen LogP contribution in [0.3, 0.4) is 0 Å². The number of alkyl halides is 3. The summed E-state index contributed by atoms with van der Waals surface area (Å²) >= 11 is 0. The monoisotopic (exact) mass is 372 g/mol. The highest BCUT2D eigenvalue weighted by Gasteiger charge is 2.40. The quantitative estimate of drug-likeness (QED) is 0.756. The number of anilines is 1. The van der Waals surface area contributed by atoms with Gasteiger partial charge in [-0.2, -0.15) is 13.2 Å². The zero-order chi connectivity index (χ0) is 19.0. The van der Waals surface area contributed by atoms with Gasteiger partial charge in [-0.15, -0.1) is 0 Å². The zero-order valence-corrected chi connectivity index (χ0v) is 14.0. The molecule has 2 heterocycles. The second-order valence-corrected chi connectivity index (χ2v) is 6.20. The molecule has 0 radical (unpaired) electrons. The van der Waals surface area contributed by atoms with E-state index in [1.165, 1.54) is 6.07 Å². The number of para-hydroxylation sites is 1. The predicted octanol–water partition coefficient (Wildman–Crippen LogP) is 4.00. The van der Waals surface area contributed by atoms with Gasteiger partial charge in [-0.25, -0.2) is 4.98 Å². The van der Waals surface area contributed by atoms with Gasteiger partial charge in [-0.1, -0.05) is 24.3 Å². The minimum atomic E-state index is -4.50. The Morgan fingerprint density at radius 1 is 1.07 bits per heavy atom. The Morgan fingerprint density at radius 2 is 1.81 bits per heavy atom. The van der Waals surface area contributed by atoms with E-state index >= 15 is 0 Å². The van der Waals surface area contributed by atoms with Crippen LogP contribution in [-0.4, -0.2) is 33.1 Å². The molecular formula is C19H15F3N4O. The molecule has 0 saturated carbocycles. The summed E-state index contributed by atoms with van der Waals surface area (Å²) < 4.78 is 41.1. The first-order chi connectivity index (χ1) is 12.9. The Morgan fingerprint density at radius 3 is 2.48 bits per heavy atom. The lowest BCUT2D eigenvalue weighted by molar-refractivity contribution is -0.144. The third-order valence-corrected chi connectivity index (χ3v) is 4.38. The van der Waals surface area contributed by atoms with Gasteiger partial charge in [0.25, 0.3) is 5.91 Å². The van der Waals surface area contributed by atoms with Crippen LogP contribution >= 0.6 is 0 Å². The van der Waals surface area contributed by atoms with Gasteiger partial charge in [0.05, 0.1) is 11.9 Å². The maximum Gasteiger partial charge on any atom is 0.406 e. The average Bonchev–Trinajstić information content (AvgIpc) is 3.18. The molecule has 1 aromatic heterocycles. The third kappa shape index (κ3) is 3.38. The Labute approximate surface area is 153 Å². The molecule has 0 saturated heterocycles. The largest absolute Gasteiger partial charge is 0.406 e. The third-order valence-electron chi connectivity index (χ3n) is 4.38. The summed E-state index contributed by atoms with van der Waals surface area (Å²) in [6.45, 7) is -1.33. The maximum absolute atomic E-state index is 13.1. The highest BCUT2D eigenvalue weighted by atomic mass is 19.4. The highest BCUT2D eigenvalue weighted by molar-refractivity contribution is 6.01. The molecule has 1 N–H and O–H groups in total. The number of nitrogens with one attached hydrogen (secondary N) is 1. The van der Waals surface area contributed by atoms with E-state index in [2.05, 4.69) is 10.3 Å². The van der Waals surface area contributed by atoms with Crippen molar-refractivity contribution in [1.29, 1.82) is 0 Å². The molecular weight excluding hydrogens is 357 g/mol. The summed E-state index contributed by atoms with van der Waals surface area (Å²) in [6, 6.07) is 13.5. The summed E-state index contributed by atoms with van der Waals surface area (Å²) in [7, 11) is 0.